The lowest BCUT2D eigenvalue weighted by molar-refractivity contribution is -0.111. The third-order valence-electron chi connectivity index (χ3n) is 4.28. The molecule has 1 amide bonds. The number of halogens is 1. The van der Waals surface area contributed by atoms with Gasteiger partial charge in [-0.1, -0.05) is 18.5 Å². The summed E-state index contributed by atoms with van der Waals surface area (Å²) in [5.74, 6) is 1.19. The van der Waals surface area contributed by atoms with Crippen molar-refractivity contribution in [3.8, 4) is 0 Å². The van der Waals surface area contributed by atoms with Crippen LogP contribution in [0.1, 0.15) is 25.5 Å². The summed E-state index contributed by atoms with van der Waals surface area (Å²) in [6.07, 6.45) is 7.00. The smallest absolute Gasteiger partial charge is 0.248 e. The van der Waals surface area contributed by atoms with Crippen LogP contribution in [0.3, 0.4) is 0 Å². The van der Waals surface area contributed by atoms with Gasteiger partial charge in [-0.2, -0.15) is 0 Å². The third-order valence-corrected chi connectivity index (χ3v) is 4.58. The highest BCUT2D eigenvalue weighted by molar-refractivity contribution is 6.33. The van der Waals surface area contributed by atoms with Crippen LogP contribution in [0.2, 0.25) is 5.02 Å². The Hall–Kier alpha value is -2.20. The molecule has 126 valence electrons. The van der Waals surface area contributed by atoms with Crippen molar-refractivity contribution < 1.29 is 9.21 Å². The largest absolute Gasteiger partial charge is 0.465 e. The molecule has 1 fully saturated rings. The highest BCUT2D eigenvalue weighted by Crippen LogP contribution is 2.31. The summed E-state index contributed by atoms with van der Waals surface area (Å²) in [6.45, 7) is 4.34. The molecule has 1 aromatic carbocycles. The Morgan fingerprint density at radius 2 is 2.12 bits per heavy atom. The molecule has 3 rings (SSSR count). The second-order valence-electron chi connectivity index (χ2n) is 6.17. The van der Waals surface area contributed by atoms with E-state index in [1.807, 2.05) is 12.1 Å². The Bertz CT molecular complexity index is 717. The van der Waals surface area contributed by atoms with Crippen LogP contribution in [0.15, 0.2) is 47.1 Å². The number of carbonyl (C=O) groups excluding carboxylic acids is 1. The molecule has 2 heterocycles. The van der Waals surface area contributed by atoms with Gasteiger partial charge in [0.2, 0.25) is 5.91 Å². The molecular weight excluding hydrogens is 324 g/mol. The van der Waals surface area contributed by atoms with Crippen molar-refractivity contribution in [1.82, 2.24) is 0 Å². The van der Waals surface area contributed by atoms with Gasteiger partial charge in [-0.15, -0.1) is 0 Å². The van der Waals surface area contributed by atoms with Gasteiger partial charge in [0.25, 0.3) is 0 Å². The maximum Gasteiger partial charge on any atom is 0.248 e. The summed E-state index contributed by atoms with van der Waals surface area (Å²) >= 11 is 6.41. The van der Waals surface area contributed by atoms with E-state index in [2.05, 4.69) is 17.1 Å². The minimum atomic E-state index is -0.220. The van der Waals surface area contributed by atoms with Gasteiger partial charge < -0.3 is 14.6 Å². The molecule has 0 aliphatic carbocycles. The molecule has 1 N–H and O–H groups in total. The molecule has 0 unspecified atom stereocenters. The highest BCUT2D eigenvalue weighted by Gasteiger charge is 2.18. The quantitative estimate of drug-likeness (QED) is 0.809. The van der Waals surface area contributed by atoms with Crippen molar-refractivity contribution in [2.45, 2.75) is 19.8 Å². The van der Waals surface area contributed by atoms with Crippen LogP contribution in [0.25, 0.3) is 6.08 Å². The first-order valence-corrected chi connectivity index (χ1v) is 8.56. The molecular formula is C19H21ClN2O2. The monoisotopic (exact) mass is 344 g/mol. The number of nitrogens with zero attached hydrogens (tertiary/aromatic N) is 1. The number of hydrogen-bond donors (Lipinski definition) is 1. The Kier molecular flexibility index (Phi) is 5.26. The summed E-state index contributed by atoms with van der Waals surface area (Å²) in [5, 5.41) is 3.48. The van der Waals surface area contributed by atoms with Crippen molar-refractivity contribution in [2.24, 2.45) is 5.92 Å². The molecule has 2 aromatic rings. The molecule has 5 heteroatoms. The molecule has 0 bridgehead atoms. The Balaban J connectivity index is 1.63. The Labute approximate surface area is 147 Å². The third kappa shape index (κ3) is 4.20. The molecule has 1 aromatic heterocycles. The lowest BCUT2D eigenvalue weighted by Gasteiger charge is -2.32. The van der Waals surface area contributed by atoms with Gasteiger partial charge in [0, 0.05) is 24.9 Å². The van der Waals surface area contributed by atoms with Crippen LogP contribution in [0.5, 0.6) is 0 Å². The van der Waals surface area contributed by atoms with E-state index in [9.17, 15) is 4.79 Å². The fourth-order valence-corrected chi connectivity index (χ4v) is 3.12. The summed E-state index contributed by atoms with van der Waals surface area (Å²) in [7, 11) is 0. The van der Waals surface area contributed by atoms with Gasteiger partial charge in [0.1, 0.15) is 5.76 Å². The fourth-order valence-electron chi connectivity index (χ4n) is 2.82. The molecule has 1 aliphatic heterocycles. The average molecular weight is 345 g/mol. The number of hydrogen-bond acceptors (Lipinski definition) is 3. The molecule has 0 saturated carbocycles. The molecule has 4 nitrogen and oxygen atoms in total. The van der Waals surface area contributed by atoms with Gasteiger partial charge in [0.15, 0.2) is 0 Å². The summed E-state index contributed by atoms with van der Waals surface area (Å²) in [6, 6.07) is 9.22. The van der Waals surface area contributed by atoms with Crippen molar-refractivity contribution in [3.63, 3.8) is 0 Å². The number of anilines is 2. The average Bonchev–Trinajstić information content (AvgIpc) is 3.08. The predicted molar refractivity (Wildman–Crippen MR) is 98.4 cm³/mol. The normalized spacial score (nSPS) is 15.8. The fraction of sp³-hybridized carbons (Fsp3) is 0.316. The van der Waals surface area contributed by atoms with Crippen molar-refractivity contribution >= 4 is 35.0 Å². The van der Waals surface area contributed by atoms with Crippen LogP contribution in [-0.4, -0.2) is 19.0 Å². The number of nitrogens with one attached hydrogen (secondary N) is 1. The topological polar surface area (TPSA) is 45.5 Å². The molecule has 0 spiro atoms. The number of carbonyl (C=O) groups is 1. The zero-order chi connectivity index (χ0) is 16.9. The minimum Gasteiger partial charge on any atom is -0.465 e. The van der Waals surface area contributed by atoms with Crippen LogP contribution in [-0.2, 0) is 4.79 Å². The van der Waals surface area contributed by atoms with Gasteiger partial charge in [-0.25, -0.2) is 0 Å². The maximum absolute atomic E-state index is 11.9. The first-order chi connectivity index (χ1) is 11.6. The van der Waals surface area contributed by atoms with Crippen LogP contribution >= 0.6 is 11.6 Å². The molecule has 0 atom stereocenters. The van der Waals surface area contributed by atoms with Crippen molar-refractivity contribution in [3.05, 3.63) is 53.5 Å². The SMILES string of the molecule is CC1CCN(c2ccc(NC(=O)/C=C/c3ccco3)cc2Cl)CC1. The van der Waals surface area contributed by atoms with Crippen LogP contribution < -0.4 is 10.2 Å². The standard InChI is InChI=1S/C19H21ClN2O2/c1-14-8-10-22(11-9-14)18-6-4-15(13-17(18)20)21-19(23)7-5-16-3-2-12-24-16/h2-7,12-14H,8-11H2,1H3,(H,21,23)/b7-5+. The van der Waals surface area contributed by atoms with Crippen molar-refractivity contribution in [2.75, 3.05) is 23.3 Å². The number of benzene rings is 1. The van der Waals surface area contributed by atoms with E-state index in [0.29, 0.717) is 16.5 Å². The van der Waals surface area contributed by atoms with Crippen LogP contribution in [0, 0.1) is 5.92 Å². The first kappa shape index (κ1) is 16.7. The number of piperidine rings is 1. The van der Waals surface area contributed by atoms with Crippen LogP contribution in [0.4, 0.5) is 11.4 Å². The molecule has 1 aliphatic rings. The summed E-state index contributed by atoms with van der Waals surface area (Å²) in [5.41, 5.74) is 1.72. The zero-order valence-corrected chi connectivity index (χ0v) is 14.4. The summed E-state index contributed by atoms with van der Waals surface area (Å²) in [4.78, 5) is 14.3. The van der Waals surface area contributed by atoms with E-state index < -0.39 is 0 Å². The van der Waals surface area contributed by atoms with E-state index in [0.717, 1.165) is 24.7 Å². The lowest BCUT2D eigenvalue weighted by atomic mass is 9.99. The predicted octanol–water partition coefficient (Wildman–Crippen LogP) is 4.82. The van der Waals surface area contributed by atoms with Gasteiger partial charge in [0.05, 0.1) is 17.0 Å². The number of amides is 1. The van der Waals surface area contributed by atoms with E-state index in [-0.39, 0.29) is 5.91 Å². The second-order valence-corrected chi connectivity index (χ2v) is 6.58. The van der Waals surface area contributed by atoms with E-state index >= 15 is 0 Å². The van der Waals surface area contributed by atoms with Gasteiger partial charge in [-0.05, 0) is 55.2 Å². The molecule has 24 heavy (non-hydrogen) atoms. The molecule has 0 radical (unpaired) electrons. The van der Waals surface area contributed by atoms with E-state index in [1.54, 1.807) is 30.5 Å². The maximum atomic E-state index is 11.9. The minimum absolute atomic E-state index is 0.220. The van der Waals surface area contributed by atoms with Crippen molar-refractivity contribution in [1.29, 1.82) is 0 Å². The lowest BCUT2D eigenvalue weighted by Crippen LogP contribution is -2.32. The molecule has 1 saturated heterocycles. The Morgan fingerprint density at radius 3 is 2.79 bits per heavy atom. The number of furan rings is 1. The number of rotatable bonds is 4. The highest BCUT2D eigenvalue weighted by atomic mass is 35.5. The Morgan fingerprint density at radius 1 is 1.33 bits per heavy atom. The van der Waals surface area contributed by atoms with Gasteiger partial charge in [-0.3, -0.25) is 4.79 Å². The van der Waals surface area contributed by atoms with E-state index in [1.165, 1.54) is 18.9 Å². The summed E-state index contributed by atoms with van der Waals surface area (Å²) < 4.78 is 5.15. The zero-order valence-electron chi connectivity index (χ0n) is 13.7. The van der Waals surface area contributed by atoms with E-state index in [4.69, 9.17) is 16.0 Å². The van der Waals surface area contributed by atoms with Gasteiger partial charge >= 0.3 is 0 Å². The second kappa shape index (κ2) is 7.58. The first-order valence-electron chi connectivity index (χ1n) is 8.19.